The van der Waals surface area contributed by atoms with E-state index in [9.17, 15) is 4.79 Å². The van der Waals surface area contributed by atoms with Gasteiger partial charge < -0.3 is 11.1 Å². The number of carbonyl (C=O) groups excluding carboxylic acids is 1. The third-order valence-electron chi connectivity index (χ3n) is 1.49. The van der Waals surface area contributed by atoms with Crippen molar-refractivity contribution in [3.8, 4) is 12.3 Å². The fourth-order valence-corrected chi connectivity index (χ4v) is 0.788. The summed E-state index contributed by atoms with van der Waals surface area (Å²) in [5.41, 5.74) is 6.00. The predicted octanol–water partition coefficient (Wildman–Crippen LogP) is -0.257. The molecule has 0 saturated carbocycles. The van der Waals surface area contributed by atoms with Crippen LogP contribution in [0.1, 0.15) is 17.4 Å². The van der Waals surface area contributed by atoms with Crippen molar-refractivity contribution in [2.75, 3.05) is 5.73 Å². The fourth-order valence-electron chi connectivity index (χ4n) is 0.788. The summed E-state index contributed by atoms with van der Waals surface area (Å²) in [6.07, 6.45) is 6.46. The van der Waals surface area contributed by atoms with Crippen molar-refractivity contribution in [2.24, 2.45) is 0 Å². The van der Waals surface area contributed by atoms with Crippen LogP contribution in [-0.2, 0) is 0 Å². The number of nitrogens with zero attached hydrogens (tertiary/aromatic N) is 1. The Hall–Kier alpha value is -1.96. The number of nitrogens with one attached hydrogen (secondary N) is 2. The van der Waals surface area contributed by atoms with Crippen LogP contribution in [0, 0.1) is 12.3 Å². The number of terminal acetylenes is 1. The minimum atomic E-state index is -0.347. The third kappa shape index (κ3) is 1.99. The van der Waals surface area contributed by atoms with Gasteiger partial charge in [0.2, 0.25) is 0 Å². The van der Waals surface area contributed by atoms with E-state index in [4.69, 9.17) is 12.2 Å². The van der Waals surface area contributed by atoms with Gasteiger partial charge in [-0.05, 0) is 6.92 Å². The zero-order chi connectivity index (χ0) is 9.84. The summed E-state index contributed by atoms with van der Waals surface area (Å²) in [5.74, 6) is 2.02. The molecule has 0 aliphatic carbocycles. The minimum absolute atomic E-state index is 0.238. The lowest BCUT2D eigenvalue weighted by Crippen LogP contribution is -2.32. The van der Waals surface area contributed by atoms with Gasteiger partial charge in [0.1, 0.15) is 5.69 Å². The van der Waals surface area contributed by atoms with E-state index in [2.05, 4.69) is 21.4 Å². The van der Waals surface area contributed by atoms with Crippen molar-refractivity contribution in [1.82, 2.24) is 15.5 Å². The summed E-state index contributed by atoms with van der Waals surface area (Å²) in [5, 5.41) is 8.64. The number of nitrogens with two attached hydrogens (primary N) is 1. The highest BCUT2D eigenvalue weighted by atomic mass is 16.2. The Morgan fingerprint density at radius 3 is 3.08 bits per heavy atom. The molecule has 0 saturated heterocycles. The van der Waals surface area contributed by atoms with E-state index in [0.717, 1.165) is 0 Å². The van der Waals surface area contributed by atoms with Crippen molar-refractivity contribution < 1.29 is 4.79 Å². The van der Waals surface area contributed by atoms with Crippen molar-refractivity contribution in [2.45, 2.75) is 13.0 Å². The second-order valence-electron chi connectivity index (χ2n) is 2.56. The molecule has 1 rings (SSSR count). The first-order valence-electron chi connectivity index (χ1n) is 3.71. The molecule has 0 spiro atoms. The predicted molar refractivity (Wildman–Crippen MR) is 48.8 cm³/mol. The summed E-state index contributed by atoms with van der Waals surface area (Å²) >= 11 is 0. The Kier molecular flexibility index (Phi) is 2.55. The molecule has 0 fully saturated rings. The van der Waals surface area contributed by atoms with E-state index in [1.54, 1.807) is 6.92 Å². The number of hydrogen-bond acceptors (Lipinski definition) is 3. The molecule has 13 heavy (non-hydrogen) atoms. The van der Waals surface area contributed by atoms with Crippen LogP contribution in [-0.4, -0.2) is 22.1 Å². The molecule has 4 N–H and O–H groups in total. The molecule has 1 amide bonds. The van der Waals surface area contributed by atoms with Crippen molar-refractivity contribution in [1.29, 1.82) is 0 Å². The Morgan fingerprint density at radius 1 is 1.92 bits per heavy atom. The first kappa shape index (κ1) is 9.13. The van der Waals surface area contributed by atoms with Crippen LogP contribution in [0.25, 0.3) is 0 Å². The van der Waals surface area contributed by atoms with Crippen LogP contribution in [0.2, 0.25) is 0 Å². The van der Waals surface area contributed by atoms with E-state index in [1.807, 2.05) is 0 Å². The number of aromatic nitrogens is 2. The van der Waals surface area contributed by atoms with Crippen LogP contribution in [0.15, 0.2) is 6.20 Å². The molecule has 1 aromatic heterocycles. The second kappa shape index (κ2) is 3.63. The minimum Gasteiger partial charge on any atom is -0.396 e. The lowest BCUT2D eigenvalue weighted by molar-refractivity contribution is 0.0944. The van der Waals surface area contributed by atoms with Crippen LogP contribution < -0.4 is 11.1 Å². The SMILES string of the molecule is C#CC(C)NC(=O)c1[nH]ncc1N. The van der Waals surface area contributed by atoms with Gasteiger partial charge in [-0.25, -0.2) is 0 Å². The van der Waals surface area contributed by atoms with E-state index in [0.29, 0.717) is 5.69 Å². The summed E-state index contributed by atoms with van der Waals surface area (Å²) in [6.45, 7) is 1.70. The maximum atomic E-state index is 11.3. The van der Waals surface area contributed by atoms with Crippen LogP contribution in [0.5, 0.6) is 0 Å². The van der Waals surface area contributed by atoms with Crippen LogP contribution in [0.4, 0.5) is 5.69 Å². The van der Waals surface area contributed by atoms with Crippen molar-refractivity contribution in [3.05, 3.63) is 11.9 Å². The molecule has 1 unspecified atom stereocenters. The normalized spacial score (nSPS) is 11.7. The first-order valence-corrected chi connectivity index (χ1v) is 3.71. The maximum Gasteiger partial charge on any atom is 0.272 e. The molecule has 1 aromatic rings. The van der Waals surface area contributed by atoms with Gasteiger partial charge in [-0.3, -0.25) is 9.89 Å². The lowest BCUT2D eigenvalue weighted by atomic mass is 10.3. The van der Waals surface area contributed by atoms with Gasteiger partial charge in [0, 0.05) is 0 Å². The van der Waals surface area contributed by atoms with Crippen molar-refractivity contribution in [3.63, 3.8) is 0 Å². The Labute approximate surface area is 75.7 Å². The van der Waals surface area contributed by atoms with Gasteiger partial charge in [0.05, 0.1) is 17.9 Å². The number of carbonyl (C=O) groups is 1. The maximum absolute atomic E-state index is 11.3. The topological polar surface area (TPSA) is 83.8 Å². The number of aromatic amines is 1. The van der Waals surface area contributed by atoms with Gasteiger partial charge in [0.25, 0.3) is 5.91 Å². The van der Waals surface area contributed by atoms with Gasteiger partial charge in [0.15, 0.2) is 0 Å². The smallest absolute Gasteiger partial charge is 0.272 e. The molecule has 0 bridgehead atoms. The van der Waals surface area contributed by atoms with Gasteiger partial charge in [-0.2, -0.15) is 5.10 Å². The average molecular weight is 178 g/mol. The third-order valence-corrected chi connectivity index (χ3v) is 1.49. The highest BCUT2D eigenvalue weighted by Gasteiger charge is 2.12. The molecule has 0 aromatic carbocycles. The van der Waals surface area contributed by atoms with Gasteiger partial charge in [-0.15, -0.1) is 6.42 Å². The van der Waals surface area contributed by atoms with Gasteiger partial charge >= 0.3 is 0 Å². The number of hydrogen-bond donors (Lipinski definition) is 3. The molecule has 5 heteroatoms. The molecular weight excluding hydrogens is 168 g/mol. The largest absolute Gasteiger partial charge is 0.396 e. The Bertz CT molecular complexity index is 349. The highest BCUT2D eigenvalue weighted by molar-refractivity contribution is 5.97. The Morgan fingerprint density at radius 2 is 2.62 bits per heavy atom. The molecule has 5 nitrogen and oxygen atoms in total. The van der Waals surface area contributed by atoms with E-state index >= 15 is 0 Å². The second-order valence-corrected chi connectivity index (χ2v) is 2.56. The summed E-state index contributed by atoms with van der Waals surface area (Å²) < 4.78 is 0. The molecule has 0 aliphatic heterocycles. The molecular formula is C8H10N4O. The molecule has 0 radical (unpaired) electrons. The van der Waals surface area contributed by atoms with Crippen molar-refractivity contribution >= 4 is 11.6 Å². The van der Waals surface area contributed by atoms with Crippen LogP contribution >= 0.6 is 0 Å². The Balaban J connectivity index is 2.71. The molecule has 1 heterocycles. The summed E-state index contributed by atoms with van der Waals surface area (Å²) in [7, 11) is 0. The number of H-pyrrole nitrogens is 1. The van der Waals surface area contributed by atoms with E-state index < -0.39 is 0 Å². The molecule has 0 aliphatic rings. The number of anilines is 1. The molecule has 68 valence electrons. The number of nitrogen functional groups attached to an aromatic ring is 1. The average Bonchev–Trinajstić information content (AvgIpc) is 2.51. The number of amides is 1. The van der Waals surface area contributed by atoms with Gasteiger partial charge in [-0.1, -0.05) is 5.92 Å². The monoisotopic (exact) mass is 178 g/mol. The lowest BCUT2D eigenvalue weighted by Gasteiger charge is -2.05. The molecule has 1 atom stereocenters. The zero-order valence-electron chi connectivity index (χ0n) is 7.16. The van der Waals surface area contributed by atoms with E-state index in [1.165, 1.54) is 6.20 Å². The van der Waals surface area contributed by atoms with Crippen LogP contribution in [0.3, 0.4) is 0 Å². The standard InChI is InChI=1S/C8H10N4O/c1-3-5(2)11-8(13)7-6(9)4-10-12-7/h1,4-5H,9H2,2H3,(H,10,12)(H,11,13). The quantitative estimate of drug-likeness (QED) is 0.546. The summed E-state index contributed by atoms with van der Waals surface area (Å²) in [4.78, 5) is 11.3. The first-order chi connectivity index (χ1) is 6.15. The highest BCUT2D eigenvalue weighted by Crippen LogP contribution is 2.05. The fraction of sp³-hybridized carbons (Fsp3) is 0.250. The summed E-state index contributed by atoms with van der Waals surface area (Å²) in [6, 6.07) is -0.324. The van der Waals surface area contributed by atoms with E-state index in [-0.39, 0.29) is 17.6 Å². The number of rotatable bonds is 2. The zero-order valence-corrected chi connectivity index (χ0v) is 7.16.